The first-order valence-electron chi connectivity index (χ1n) is 15.2. The van der Waals surface area contributed by atoms with Gasteiger partial charge < -0.3 is 80.4 Å². The normalized spacial score (nSPS) is 36.5. The number of fused-ring (bicyclic) bond motifs is 1. The lowest BCUT2D eigenvalue weighted by molar-refractivity contribution is -0.456. The number of carboxylic acid groups (broad SMARTS) is 4. The molecule has 0 aliphatic carbocycles. The third kappa shape index (κ3) is 7.51. The molecule has 21 nitrogen and oxygen atoms in total. The lowest BCUT2D eigenvalue weighted by Gasteiger charge is -2.45. The molecular formula is C30H35N2O19+. The van der Waals surface area contributed by atoms with E-state index < -0.39 is 121 Å². The number of hydrogen-bond donors (Lipinski definition) is 12. The number of ether oxygens (including phenoxy) is 4. The Balaban J connectivity index is 1.46. The van der Waals surface area contributed by atoms with Gasteiger partial charge in [-0.2, -0.15) is 4.58 Å². The highest BCUT2D eigenvalue weighted by Crippen LogP contribution is 2.41. The molecule has 4 heterocycles. The Labute approximate surface area is 285 Å². The molecule has 2 saturated heterocycles. The average molecular weight is 728 g/mol. The number of aliphatic hydroxyl groups excluding tert-OH is 6. The highest BCUT2D eigenvalue weighted by Gasteiger charge is 2.53. The molecular weight excluding hydrogens is 692 g/mol. The number of allylic oxidation sites excluding steroid dienone is 2. The number of phenols is 1. The summed E-state index contributed by atoms with van der Waals surface area (Å²) in [5.74, 6) is -6.79. The summed E-state index contributed by atoms with van der Waals surface area (Å²) in [6.07, 6.45) is -16.0. The van der Waals surface area contributed by atoms with Crippen molar-refractivity contribution < 1.29 is 98.9 Å². The topological polar surface area (TPSA) is 343 Å². The molecule has 0 spiro atoms. The Morgan fingerprint density at radius 3 is 2.18 bits per heavy atom. The smallest absolute Gasteiger partial charge is 0.373 e. The Hall–Kier alpha value is -4.71. The van der Waals surface area contributed by atoms with Crippen LogP contribution >= 0.6 is 0 Å². The maximum absolute atomic E-state index is 12.2. The van der Waals surface area contributed by atoms with Crippen molar-refractivity contribution in [2.24, 2.45) is 0 Å². The Kier molecular flexibility index (Phi) is 10.9. The highest BCUT2D eigenvalue weighted by atomic mass is 16.8. The van der Waals surface area contributed by atoms with Crippen LogP contribution in [0.5, 0.6) is 11.5 Å². The number of benzene rings is 1. The molecule has 278 valence electrons. The number of nitrogens with zero attached hydrogens (tertiary/aromatic N) is 1. The molecule has 1 aromatic rings. The summed E-state index contributed by atoms with van der Waals surface area (Å²) in [4.78, 5) is 46.8. The molecule has 5 rings (SSSR count). The second kappa shape index (κ2) is 14.9. The van der Waals surface area contributed by atoms with Gasteiger partial charge in [0.15, 0.2) is 36.2 Å². The third-order valence-corrected chi connectivity index (χ3v) is 8.72. The molecule has 1 aromatic carbocycles. The summed E-state index contributed by atoms with van der Waals surface area (Å²) in [7, 11) is 0. The predicted octanol–water partition coefficient (Wildman–Crippen LogP) is -4.45. The fraction of sp³-hybridized carbons (Fsp3) is 0.500. The summed E-state index contributed by atoms with van der Waals surface area (Å²) in [6, 6.07) is -0.208. The van der Waals surface area contributed by atoms with Gasteiger partial charge in [0, 0.05) is 18.1 Å². The number of nitrogens with one attached hydrogen (secondary N) is 1. The Morgan fingerprint density at radius 2 is 1.57 bits per heavy atom. The number of aliphatic carboxylic acids is 4. The Morgan fingerprint density at radius 1 is 0.863 bits per heavy atom. The van der Waals surface area contributed by atoms with Gasteiger partial charge in [-0.25, -0.2) is 19.2 Å². The van der Waals surface area contributed by atoms with Crippen molar-refractivity contribution in [1.82, 2.24) is 5.32 Å². The first-order valence-corrected chi connectivity index (χ1v) is 15.2. The molecule has 0 bridgehead atoms. The number of phenolic OH excluding ortho intramolecular Hbond substituents is 1. The van der Waals surface area contributed by atoms with E-state index >= 15 is 0 Å². The van der Waals surface area contributed by atoms with Crippen LogP contribution in [0.1, 0.15) is 12.0 Å². The number of rotatable bonds is 10. The van der Waals surface area contributed by atoms with Crippen molar-refractivity contribution in [2.75, 3.05) is 6.61 Å². The van der Waals surface area contributed by atoms with Crippen LogP contribution in [0.15, 0.2) is 35.6 Å². The van der Waals surface area contributed by atoms with E-state index in [0.29, 0.717) is 0 Å². The minimum absolute atomic E-state index is 0.140. The Bertz CT molecular complexity index is 1660. The van der Waals surface area contributed by atoms with Crippen LogP contribution < -0.4 is 10.1 Å². The van der Waals surface area contributed by atoms with Gasteiger partial charge >= 0.3 is 23.9 Å². The largest absolute Gasteiger partial charge is 0.504 e. The van der Waals surface area contributed by atoms with Crippen LogP contribution in [0.3, 0.4) is 0 Å². The zero-order valence-electron chi connectivity index (χ0n) is 26.1. The number of hydrogen-bond acceptors (Lipinski definition) is 16. The van der Waals surface area contributed by atoms with E-state index in [2.05, 4.69) is 5.32 Å². The van der Waals surface area contributed by atoms with E-state index in [9.17, 15) is 75.3 Å². The zero-order valence-corrected chi connectivity index (χ0v) is 26.1. The van der Waals surface area contributed by atoms with Gasteiger partial charge in [0.2, 0.25) is 12.0 Å². The fourth-order valence-electron chi connectivity index (χ4n) is 6.03. The summed E-state index contributed by atoms with van der Waals surface area (Å²) in [5, 5.41) is 113. The van der Waals surface area contributed by atoms with Crippen molar-refractivity contribution in [3.05, 3.63) is 41.1 Å². The van der Waals surface area contributed by atoms with Crippen LogP contribution in [0.2, 0.25) is 0 Å². The van der Waals surface area contributed by atoms with Crippen molar-refractivity contribution >= 4 is 35.8 Å². The lowest BCUT2D eigenvalue weighted by Crippen LogP contribution is -2.65. The summed E-state index contributed by atoms with van der Waals surface area (Å²) in [6.45, 7) is -0.859. The van der Waals surface area contributed by atoms with Crippen molar-refractivity contribution in [1.29, 1.82) is 0 Å². The van der Waals surface area contributed by atoms with E-state index in [-0.39, 0.29) is 29.7 Å². The van der Waals surface area contributed by atoms with Crippen molar-refractivity contribution in [2.45, 2.75) is 86.3 Å². The predicted molar refractivity (Wildman–Crippen MR) is 160 cm³/mol. The fourth-order valence-corrected chi connectivity index (χ4v) is 6.03. The minimum Gasteiger partial charge on any atom is -0.504 e. The number of aliphatic hydroxyl groups is 6. The average Bonchev–Trinajstić information content (AvgIpc) is 3.43. The first kappa shape index (κ1) is 37.5. The monoisotopic (exact) mass is 727 g/mol. The molecule has 21 heteroatoms. The number of carboxylic acids is 4. The molecule has 12 N–H and O–H groups in total. The summed E-state index contributed by atoms with van der Waals surface area (Å²) >= 11 is 0. The maximum Gasteiger partial charge on any atom is 0.373 e. The van der Waals surface area contributed by atoms with Gasteiger partial charge in [-0.3, -0.25) is 0 Å². The third-order valence-electron chi connectivity index (χ3n) is 8.72. The lowest BCUT2D eigenvalue weighted by atomic mass is 9.97. The molecule has 0 radical (unpaired) electrons. The van der Waals surface area contributed by atoms with E-state index in [0.717, 1.165) is 6.07 Å². The highest BCUT2D eigenvalue weighted by molar-refractivity contribution is 5.89. The molecule has 2 fully saturated rings. The quantitative estimate of drug-likeness (QED) is 0.101. The standard InChI is InChI=1S/C30H34N2O19/c33-8-17-18(35)20(37)24(51-29-22(39)19(36)21(38)23(50-29)28(46)47)30(49-17)48-16-6-10-5-14(27(44)45)32(13(10)7-15(16)34)2-1-9-3-11(25(40)41)31-12(4-9)26(42)43/h1-3,6-7,12,14,17-24,29-30,33,35-39H,4-5,8H2,(H5,34,40,41,42,43,44,45,46,47)/p+1/t12?,14-,17+,18?,19-,20-,21?,22?,23-,24?,29-,30+/m0/s1. The van der Waals surface area contributed by atoms with Crippen molar-refractivity contribution in [3.63, 3.8) is 0 Å². The van der Waals surface area contributed by atoms with Gasteiger partial charge in [0.1, 0.15) is 48.4 Å². The van der Waals surface area contributed by atoms with E-state index in [1.165, 1.54) is 29.0 Å². The van der Waals surface area contributed by atoms with Crippen LogP contribution in [0, 0.1) is 0 Å². The van der Waals surface area contributed by atoms with Crippen LogP contribution in [-0.2, 0) is 39.8 Å². The molecule has 4 aliphatic heterocycles. The molecule has 12 atom stereocenters. The minimum atomic E-state index is -2.09. The first-order chi connectivity index (χ1) is 24.0. The van der Waals surface area contributed by atoms with Gasteiger partial charge in [0.25, 0.3) is 6.04 Å². The summed E-state index contributed by atoms with van der Waals surface area (Å²) in [5.41, 5.74) is 0.282. The molecule has 0 amide bonds. The van der Waals surface area contributed by atoms with Gasteiger partial charge in [-0.15, -0.1) is 0 Å². The van der Waals surface area contributed by atoms with Gasteiger partial charge in [-0.1, -0.05) is 0 Å². The van der Waals surface area contributed by atoms with Crippen molar-refractivity contribution in [3.8, 4) is 11.5 Å². The van der Waals surface area contributed by atoms with Crippen LogP contribution in [-0.4, -0.2) is 171 Å². The van der Waals surface area contributed by atoms with Gasteiger partial charge in [0.05, 0.1) is 19.1 Å². The molecule has 4 aliphatic rings. The molecule has 51 heavy (non-hydrogen) atoms. The number of carbonyl (C=O) groups is 4. The van der Waals surface area contributed by atoms with Crippen LogP contribution in [0.25, 0.3) is 0 Å². The van der Waals surface area contributed by atoms with E-state index in [1.807, 2.05) is 0 Å². The number of aromatic hydroxyl groups is 1. The maximum atomic E-state index is 12.2. The van der Waals surface area contributed by atoms with Crippen LogP contribution in [0.4, 0.5) is 5.69 Å². The SMILES string of the molecule is O=C(O)C1=C/C(=C/C=[N+]2c3cc(O)c(O[C@@H]4O[C@H](CO)C(O)[C@H](O)C4O[C@@H]4O[C@H](C(=O)O)C(O)[C@H](O)C4O)cc3C[C@H]2C(=O)O)CC(C(=O)O)N1. The zero-order chi connectivity index (χ0) is 37.5. The van der Waals surface area contributed by atoms with E-state index in [4.69, 9.17) is 18.9 Å². The van der Waals surface area contributed by atoms with Gasteiger partial charge in [-0.05, 0) is 17.7 Å². The second-order valence-corrected chi connectivity index (χ2v) is 12.1. The van der Waals surface area contributed by atoms with E-state index in [1.54, 1.807) is 0 Å². The summed E-state index contributed by atoms with van der Waals surface area (Å²) < 4.78 is 23.2. The second-order valence-electron chi connectivity index (χ2n) is 12.1. The molecule has 0 aromatic heterocycles. The molecule has 0 saturated carbocycles. The molecule has 5 unspecified atom stereocenters.